The van der Waals surface area contributed by atoms with Gasteiger partial charge in [0.05, 0.1) is 0 Å². The Kier molecular flexibility index (Phi) is 6.73. The molecule has 0 aliphatic carbocycles. The van der Waals surface area contributed by atoms with Gasteiger partial charge >= 0.3 is 12.4 Å². The van der Waals surface area contributed by atoms with Gasteiger partial charge in [-0.15, -0.1) is 0 Å². The SMILES string of the molecule is CCN(c1ccc(OC(C)(C)C)cc1)c1ncc(C(F)(F)F)c(OCC(F)(F)F)n1. The van der Waals surface area contributed by atoms with Crippen LogP contribution in [0.1, 0.15) is 33.3 Å². The number of hydrogen-bond donors (Lipinski definition) is 0. The Hall–Kier alpha value is -2.72. The van der Waals surface area contributed by atoms with Gasteiger partial charge in [0.1, 0.15) is 16.9 Å². The summed E-state index contributed by atoms with van der Waals surface area (Å²) < 4.78 is 86.7. The zero-order chi connectivity index (χ0) is 22.7. The molecule has 30 heavy (non-hydrogen) atoms. The van der Waals surface area contributed by atoms with E-state index >= 15 is 0 Å². The molecule has 2 rings (SSSR count). The molecule has 1 aromatic carbocycles. The first kappa shape index (κ1) is 23.6. The Bertz CT molecular complexity index is 845. The summed E-state index contributed by atoms with van der Waals surface area (Å²) in [5.74, 6) is -0.840. The van der Waals surface area contributed by atoms with Crippen molar-refractivity contribution in [2.75, 3.05) is 18.1 Å². The van der Waals surface area contributed by atoms with Gasteiger partial charge in [-0.25, -0.2) is 4.98 Å². The van der Waals surface area contributed by atoms with E-state index in [0.29, 0.717) is 17.6 Å². The normalized spacial score (nSPS) is 12.6. The lowest BCUT2D eigenvalue weighted by atomic mass is 10.2. The van der Waals surface area contributed by atoms with Crippen molar-refractivity contribution in [2.24, 2.45) is 0 Å². The summed E-state index contributed by atoms with van der Waals surface area (Å²) in [6, 6.07) is 6.60. The Morgan fingerprint density at radius 3 is 2.03 bits per heavy atom. The zero-order valence-electron chi connectivity index (χ0n) is 16.7. The number of nitrogens with zero attached hydrogens (tertiary/aromatic N) is 3. The number of halogens is 6. The van der Waals surface area contributed by atoms with Crippen LogP contribution in [0.15, 0.2) is 30.5 Å². The van der Waals surface area contributed by atoms with Crippen LogP contribution >= 0.6 is 0 Å². The third-order valence-corrected chi connectivity index (χ3v) is 3.55. The molecular weight excluding hydrogens is 416 g/mol. The van der Waals surface area contributed by atoms with E-state index in [0.717, 1.165) is 0 Å². The Morgan fingerprint density at radius 2 is 1.57 bits per heavy atom. The van der Waals surface area contributed by atoms with E-state index < -0.39 is 36.0 Å². The molecule has 5 nitrogen and oxygen atoms in total. The maximum absolute atomic E-state index is 13.1. The number of benzene rings is 1. The first-order chi connectivity index (χ1) is 13.7. The highest BCUT2D eigenvalue weighted by molar-refractivity contribution is 5.58. The summed E-state index contributed by atoms with van der Waals surface area (Å²) in [7, 11) is 0. The molecule has 0 radical (unpaired) electrons. The van der Waals surface area contributed by atoms with E-state index in [9.17, 15) is 26.3 Å². The number of hydrogen-bond acceptors (Lipinski definition) is 5. The van der Waals surface area contributed by atoms with Crippen LogP contribution in [0.3, 0.4) is 0 Å². The van der Waals surface area contributed by atoms with E-state index in [1.807, 2.05) is 20.8 Å². The standard InChI is InChI=1S/C19H21F6N3O2/c1-5-28(12-6-8-13(9-7-12)30-17(2,3)4)16-26-10-14(19(23,24)25)15(27-16)29-11-18(20,21)22/h6-10H,5,11H2,1-4H3. The molecule has 0 atom stereocenters. The number of aromatic nitrogens is 2. The van der Waals surface area contributed by atoms with E-state index in [-0.39, 0.29) is 12.5 Å². The molecule has 0 saturated carbocycles. The number of ether oxygens (including phenoxy) is 2. The molecule has 0 aliphatic rings. The fraction of sp³-hybridized carbons (Fsp3) is 0.474. The summed E-state index contributed by atoms with van der Waals surface area (Å²) in [5.41, 5.74) is -1.39. The maximum Gasteiger partial charge on any atom is 0.423 e. The fourth-order valence-corrected chi connectivity index (χ4v) is 2.43. The second kappa shape index (κ2) is 8.57. The van der Waals surface area contributed by atoms with E-state index in [2.05, 4.69) is 14.7 Å². The van der Waals surface area contributed by atoms with Crippen LogP contribution in [0.2, 0.25) is 0 Å². The lowest BCUT2D eigenvalue weighted by Gasteiger charge is -2.24. The summed E-state index contributed by atoms with van der Waals surface area (Å²) in [5, 5.41) is 0. The molecule has 0 amide bonds. The van der Waals surface area contributed by atoms with Crippen LogP contribution in [0.4, 0.5) is 38.0 Å². The molecule has 11 heteroatoms. The number of anilines is 2. The molecule has 2 aromatic rings. The Labute approximate surface area is 169 Å². The highest BCUT2D eigenvalue weighted by Crippen LogP contribution is 2.37. The zero-order valence-corrected chi connectivity index (χ0v) is 16.7. The first-order valence-electron chi connectivity index (χ1n) is 8.90. The minimum Gasteiger partial charge on any atom is -0.488 e. The lowest BCUT2D eigenvalue weighted by molar-refractivity contribution is -0.159. The molecule has 0 aliphatic heterocycles. The fourth-order valence-electron chi connectivity index (χ4n) is 2.43. The smallest absolute Gasteiger partial charge is 0.423 e. The van der Waals surface area contributed by atoms with Crippen molar-refractivity contribution < 1.29 is 35.8 Å². The average Bonchev–Trinajstić information content (AvgIpc) is 2.59. The molecule has 0 spiro atoms. The van der Waals surface area contributed by atoms with Gasteiger partial charge in [0.25, 0.3) is 0 Å². The second-order valence-corrected chi connectivity index (χ2v) is 7.24. The summed E-state index contributed by atoms with van der Waals surface area (Å²) in [4.78, 5) is 8.73. The Morgan fingerprint density at radius 1 is 0.967 bits per heavy atom. The van der Waals surface area contributed by atoms with Crippen LogP contribution < -0.4 is 14.4 Å². The highest BCUT2D eigenvalue weighted by atomic mass is 19.4. The quantitative estimate of drug-likeness (QED) is 0.537. The third-order valence-electron chi connectivity index (χ3n) is 3.55. The van der Waals surface area contributed by atoms with Crippen molar-refractivity contribution in [3.63, 3.8) is 0 Å². The summed E-state index contributed by atoms with van der Waals surface area (Å²) in [6.45, 7) is 5.64. The number of rotatable bonds is 6. The molecule has 0 bridgehead atoms. The van der Waals surface area contributed by atoms with Gasteiger partial charge < -0.3 is 14.4 Å². The maximum atomic E-state index is 13.1. The van der Waals surface area contributed by atoms with Crippen molar-refractivity contribution in [3.8, 4) is 11.6 Å². The van der Waals surface area contributed by atoms with Crippen LogP contribution in [-0.2, 0) is 6.18 Å². The van der Waals surface area contributed by atoms with Crippen LogP contribution in [0.25, 0.3) is 0 Å². The van der Waals surface area contributed by atoms with E-state index in [4.69, 9.17) is 4.74 Å². The minimum atomic E-state index is -4.97. The summed E-state index contributed by atoms with van der Waals surface area (Å²) >= 11 is 0. The number of alkyl halides is 6. The van der Waals surface area contributed by atoms with Crippen LogP contribution in [-0.4, -0.2) is 34.9 Å². The lowest BCUT2D eigenvalue weighted by Crippen LogP contribution is -2.24. The third kappa shape index (κ3) is 6.67. The first-order valence-corrected chi connectivity index (χ1v) is 8.90. The van der Waals surface area contributed by atoms with Gasteiger partial charge in [0.2, 0.25) is 11.8 Å². The van der Waals surface area contributed by atoms with E-state index in [1.54, 1.807) is 31.2 Å². The van der Waals surface area contributed by atoms with Gasteiger partial charge in [-0.1, -0.05) is 0 Å². The predicted octanol–water partition coefficient (Wildman–Crippen LogP) is 5.77. The molecule has 1 heterocycles. The molecular formula is C19H21F6N3O2. The highest BCUT2D eigenvalue weighted by Gasteiger charge is 2.38. The van der Waals surface area contributed by atoms with E-state index in [1.165, 1.54) is 4.90 Å². The van der Waals surface area contributed by atoms with Crippen molar-refractivity contribution in [2.45, 2.75) is 45.6 Å². The Balaban J connectivity index is 2.37. The average molecular weight is 437 g/mol. The van der Waals surface area contributed by atoms with Crippen molar-refractivity contribution in [3.05, 3.63) is 36.0 Å². The van der Waals surface area contributed by atoms with Crippen molar-refractivity contribution in [1.82, 2.24) is 9.97 Å². The summed E-state index contributed by atoms with van der Waals surface area (Å²) in [6.07, 6.45) is -9.38. The van der Waals surface area contributed by atoms with Gasteiger partial charge in [0.15, 0.2) is 6.61 Å². The molecule has 0 N–H and O–H groups in total. The molecule has 166 valence electrons. The van der Waals surface area contributed by atoms with Gasteiger partial charge in [0, 0.05) is 18.4 Å². The van der Waals surface area contributed by atoms with Crippen LogP contribution in [0, 0.1) is 0 Å². The molecule has 0 fully saturated rings. The molecule has 0 unspecified atom stereocenters. The topological polar surface area (TPSA) is 47.5 Å². The molecule has 1 aromatic heterocycles. The van der Waals surface area contributed by atoms with Gasteiger partial charge in [-0.2, -0.15) is 31.3 Å². The minimum absolute atomic E-state index is 0.229. The second-order valence-electron chi connectivity index (χ2n) is 7.24. The molecule has 0 saturated heterocycles. The van der Waals surface area contributed by atoms with Gasteiger partial charge in [-0.05, 0) is 52.0 Å². The monoisotopic (exact) mass is 437 g/mol. The van der Waals surface area contributed by atoms with Crippen LogP contribution in [0.5, 0.6) is 11.6 Å². The van der Waals surface area contributed by atoms with Gasteiger partial charge in [-0.3, -0.25) is 0 Å². The van der Waals surface area contributed by atoms with Crippen molar-refractivity contribution >= 4 is 11.6 Å². The van der Waals surface area contributed by atoms with Crippen molar-refractivity contribution in [1.29, 1.82) is 0 Å². The largest absolute Gasteiger partial charge is 0.488 e. The predicted molar refractivity (Wildman–Crippen MR) is 98.1 cm³/mol.